The van der Waals surface area contributed by atoms with Gasteiger partial charge in [-0.1, -0.05) is 18.1 Å². The van der Waals surface area contributed by atoms with E-state index >= 15 is 0 Å². The minimum atomic E-state index is 0.930. The summed E-state index contributed by atoms with van der Waals surface area (Å²) in [6.07, 6.45) is 10.1. The number of hydrogen-bond acceptors (Lipinski definition) is 0. The Kier molecular flexibility index (Phi) is 2.02. The maximum atomic E-state index is 2.42. The van der Waals surface area contributed by atoms with E-state index in [9.17, 15) is 0 Å². The van der Waals surface area contributed by atoms with Gasteiger partial charge in [-0.15, -0.1) is 0 Å². The fourth-order valence-electron chi connectivity index (χ4n) is 2.67. The zero-order valence-corrected chi connectivity index (χ0v) is 7.53. The van der Waals surface area contributed by atoms with Crippen LogP contribution >= 0.6 is 0 Å². The summed E-state index contributed by atoms with van der Waals surface area (Å²) >= 11 is 0. The Labute approximate surface area is 69.7 Å². The van der Waals surface area contributed by atoms with E-state index in [1.807, 2.05) is 11.1 Å². The predicted octanol–water partition coefficient (Wildman–Crippen LogP) is 3.68. The van der Waals surface area contributed by atoms with Crippen LogP contribution in [0.15, 0.2) is 11.1 Å². The molecule has 0 aromatic rings. The van der Waals surface area contributed by atoms with Gasteiger partial charge in [0.15, 0.2) is 0 Å². The summed E-state index contributed by atoms with van der Waals surface area (Å²) in [4.78, 5) is 0. The average Bonchev–Trinajstić information content (AvgIpc) is 2.06. The molecule has 2 rings (SSSR count). The van der Waals surface area contributed by atoms with E-state index in [1.54, 1.807) is 0 Å². The van der Waals surface area contributed by atoms with Gasteiger partial charge in [0.1, 0.15) is 0 Å². The van der Waals surface area contributed by atoms with Gasteiger partial charge >= 0.3 is 0 Å². The van der Waals surface area contributed by atoms with E-state index in [-0.39, 0.29) is 0 Å². The largest absolute Gasteiger partial charge is 0.0707 e. The molecule has 0 unspecified atom stereocenters. The van der Waals surface area contributed by atoms with Crippen LogP contribution in [0.2, 0.25) is 0 Å². The van der Waals surface area contributed by atoms with Crippen LogP contribution in [0.25, 0.3) is 0 Å². The molecule has 0 N–H and O–H groups in total. The molecule has 0 bridgehead atoms. The van der Waals surface area contributed by atoms with E-state index in [0.717, 1.165) is 5.92 Å². The molecular formula is C11H18. The minimum absolute atomic E-state index is 0.930. The van der Waals surface area contributed by atoms with Crippen molar-refractivity contribution in [2.75, 3.05) is 0 Å². The zero-order chi connectivity index (χ0) is 7.68. The molecule has 0 radical (unpaired) electrons. The Bertz CT molecular complexity index is 172. The van der Waals surface area contributed by atoms with Gasteiger partial charge in [0.25, 0.3) is 0 Å². The molecule has 0 spiro atoms. The number of rotatable bonds is 0. The lowest BCUT2D eigenvalue weighted by molar-refractivity contribution is 0.470. The first kappa shape index (κ1) is 7.39. The van der Waals surface area contributed by atoms with Crippen LogP contribution in [0.5, 0.6) is 0 Å². The standard InChI is InChI=1S/C11H18/c1-9-5-4-7-10-6-2-3-8-11(9)10/h9H,2-8H2,1H3/t9-/m1/s1. The second-order valence-electron chi connectivity index (χ2n) is 4.13. The minimum Gasteiger partial charge on any atom is -0.0707 e. The highest BCUT2D eigenvalue weighted by molar-refractivity contribution is 5.21. The molecule has 0 aromatic heterocycles. The van der Waals surface area contributed by atoms with Crippen LogP contribution in [0.1, 0.15) is 51.9 Å². The van der Waals surface area contributed by atoms with Crippen LogP contribution < -0.4 is 0 Å². The van der Waals surface area contributed by atoms with E-state index in [4.69, 9.17) is 0 Å². The lowest BCUT2D eigenvalue weighted by Crippen LogP contribution is -2.12. The van der Waals surface area contributed by atoms with Crippen LogP contribution in [0, 0.1) is 5.92 Å². The van der Waals surface area contributed by atoms with Crippen LogP contribution in [-0.4, -0.2) is 0 Å². The van der Waals surface area contributed by atoms with Crippen molar-refractivity contribution >= 4 is 0 Å². The second kappa shape index (κ2) is 3.00. The number of hydrogen-bond donors (Lipinski definition) is 0. The first-order chi connectivity index (χ1) is 5.38. The number of allylic oxidation sites excluding steroid dienone is 2. The van der Waals surface area contributed by atoms with Gasteiger partial charge in [-0.2, -0.15) is 0 Å². The van der Waals surface area contributed by atoms with Crippen molar-refractivity contribution in [3.05, 3.63) is 11.1 Å². The fourth-order valence-corrected chi connectivity index (χ4v) is 2.67. The Balaban J connectivity index is 2.21. The average molecular weight is 150 g/mol. The first-order valence-electron chi connectivity index (χ1n) is 5.08. The van der Waals surface area contributed by atoms with Crippen molar-refractivity contribution in [3.8, 4) is 0 Å². The highest BCUT2D eigenvalue weighted by atomic mass is 14.3. The van der Waals surface area contributed by atoms with Crippen molar-refractivity contribution in [3.63, 3.8) is 0 Å². The summed E-state index contributed by atoms with van der Waals surface area (Å²) in [5.41, 5.74) is 3.69. The van der Waals surface area contributed by atoms with Crippen molar-refractivity contribution in [2.45, 2.75) is 51.9 Å². The summed E-state index contributed by atoms with van der Waals surface area (Å²) in [7, 11) is 0. The maximum absolute atomic E-state index is 2.42. The van der Waals surface area contributed by atoms with Crippen molar-refractivity contribution < 1.29 is 0 Å². The highest BCUT2D eigenvalue weighted by Gasteiger charge is 2.21. The Hall–Kier alpha value is -0.260. The van der Waals surface area contributed by atoms with Crippen LogP contribution in [-0.2, 0) is 0 Å². The molecule has 0 heteroatoms. The SMILES string of the molecule is C[C@@H]1CCCC2=C1CCCC2. The molecule has 11 heavy (non-hydrogen) atoms. The van der Waals surface area contributed by atoms with Gasteiger partial charge in [-0.25, -0.2) is 0 Å². The lowest BCUT2D eigenvalue weighted by Gasteiger charge is -2.29. The summed E-state index contributed by atoms with van der Waals surface area (Å²) in [6, 6.07) is 0. The summed E-state index contributed by atoms with van der Waals surface area (Å²) in [5.74, 6) is 0.930. The van der Waals surface area contributed by atoms with E-state index < -0.39 is 0 Å². The fraction of sp³-hybridized carbons (Fsp3) is 0.818. The molecular weight excluding hydrogens is 132 g/mol. The predicted molar refractivity (Wildman–Crippen MR) is 48.5 cm³/mol. The van der Waals surface area contributed by atoms with Gasteiger partial charge in [0, 0.05) is 0 Å². The van der Waals surface area contributed by atoms with Crippen molar-refractivity contribution in [1.82, 2.24) is 0 Å². The summed E-state index contributed by atoms with van der Waals surface area (Å²) in [6.45, 7) is 2.42. The lowest BCUT2D eigenvalue weighted by atomic mass is 9.77. The molecule has 2 aliphatic rings. The van der Waals surface area contributed by atoms with Gasteiger partial charge in [0.2, 0.25) is 0 Å². The summed E-state index contributed by atoms with van der Waals surface area (Å²) in [5, 5.41) is 0. The molecule has 0 aliphatic heterocycles. The Morgan fingerprint density at radius 1 is 1.00 bits per heavy atom. The molecule has 62 valence electrons. The third kappa shape index (κ3) is 1.36. The second-order valence-corrected chi connectivity index (χ2v) is 4.13. The molecule has 1 atom stereocenters. The third-order valence-corrected chi connectivity index (χ3v) is 3.34. The van der Waals surface area contributed by atoms with Gasteiger partial charge in [0.05, 0.1) is 0 Å². The van der Waals surface area contributed by atoms with Crippen LogP contribution in [0.4, 0.5) is 0 Å². The highest BCUT2D eigenvalue weighted by Crippen LogP contribution is 2.38. The topological polar surface area (TPSA) is 0 Å². The molecule has 0 saturated heterocycles. The zero-order valence-electron chi connectivity index (χ0n) is 7.53. The molecule has 0 heterocycles. The van der Waals surface area contributed by atoms with Crippen LogP contribution in [0.3, 0.4) is 0 Å². The smallest absolute Gasteiger partial charge is 0.0229 e. The van der Waals surface area contributed by atoms with Gasteiger partial charge in [-0.05, 0) is 50.9 Å². The van der Waals surface area contributed by atoms with E-state index in [0.29, 0.717) is 0 Å². The summed E-state index contributed by atoms with van der Waals surface area (Å²) < 4.78 is 0. The normalized spacial score (nSPS) is 31.9. The van der Waals surface area contributed by atoms with Gasteiger partial charge in [-0.3, -0.25) is 0 Å². The van der Waals surface area contributed by atoms with E-state index in [1.165, 1.54) is 44.9 Å². The van der Waals surface area contributed by atoms with Gasteiger partial charge < -0.3 is 0 Å². The molecule has 2 aliphatic carbocycles. The van der Waals surface area contributed by atoms with Crippen molar-refractivity contribution in [1.29, 1.82) is 0 Å². The Morgan fingerprint density at radius 3 is 2.55 bits per heavy atom. The van der Waals surface area contributed by atoms with E-state index in [2.05, 4.69) is 6.92 Å². The Morgan fingerprint density at radius 2 is 1.73 bits per heavy atom. The first-order valence-corrected chi connectivity index (χ1v) is 5.08. The quantitative estimate of drug-likeness (QED) is 0.462. The van der Waals surface area contributed by atoms with Crippen molar-refractivity contribution in [2.24, 2.45) is 5.92 Å². The molecule has 0 amide bonds. The molecule has 0 aromatic carbocycles. The molecule has 0 saturated carbocycles. The maximum Gasteiger partial charge on any atom is -0.0229 e. The third-order valence-electron chi connectivity index (χ3n) is 3.34. The molecule has 0 fully saturated rings. The molecule has 0 nitrogen and oxygen atoms in total. The monoisotopic (exact) mass is 150 g/mol.